The Morgan fingerprint density at radius 1 is 0.277 bits per heavy atom. The molecule has 0 unspecified atom stereocenters. The highest BCUT2D eigenvalue weighted by Gasteiger charge is 2.12. The van der Waals surface area contributed by atoms with E-state index in [1.54, 1.807) is 0 Å². The molecule has 0 atom stereocenters. The Labute approximate surface area is 306 Å². The predicted molar refractivity (Wildman–Crippen MR) is 227 cm³/mol. The smallest absolute Gasteiger partial charge is 0.0417 e. The standard InChI is InChI=1S/2C8H16.2C7H14.C6H12.C3H8.4C2H6/c2*1-2-8-6-4-3-5-7-8;2*1-2-7-5-3-4-6-7;1-6-4-2-3-5-6;1-3-2;4*1-2/h2*8H,2-7H2,1H3;2*7H,2-6H2,1H3;6H,2-5H2,1H3;3H2,1-2H3;4*1-2H3. The third kappa shape index (κ3) is 44.0. The maximum atomic E-state index is 2.34. The summed E-state index contributed by atoms with van der Waals surface area (Å²) < 4.78 is 0. The van der Waals surface area contributed by atoms with Gasteiger partial charge in [-0.15, -0.1) is 0 Å². The van der Waals surface area contributed by atoms with Gasteiger partial charge in [0.25, 0.3) is 0 Å². The van der Waals surface area contributed by atoms with Crippen molar-refractivity contribution in [3.05, 3.63) is 0 Å². The summed E-state index contributed by atoms with van der Waals surface area (Å²) in [7, 11) is 0. The van der Waals surface area contributed by atoms with Gasteiger partial charge in [0.15, 0.2) is 0 Å². The van der Waals surface area contributed by atoms with E-state index in [0.717, 1.165) is 29.6 Å². The first-order valence-corrected chi connectivity index (χ1v) is 23.0. The van der Waals surface area contributed by atoms with Crippen molar-refractivity contribution in [2.24, 2.45) is 29.6 Å². The van der Waals surface area contributed by atoms with Gasteiger partial charge in [0.2, 0.25) is 0 Å². The van der Waals surface area contributed by atoms with Crippen LogP contribution in [-0.2, 0) is 0 Å². The van der Waals surface area contributed by atoms with E-state index in [1.807, 2.05) is 55.4 Å². The third-order valence-electron chi connectivity index (χ3n) is 10.4. The van der Waals surface area contributed by atoms with Crippen LogP contribution in [0.3, 0.4) is 0 Å². The SMILES string of the molecule is CC.CC.CC.CC.CC1CCCC1.CCC.CCC1CCCC1.CCC1CCCC1.CCC1CCCCC1.CCC1CCCCC1. The molecule has 292 valence electrons. The highest BCUT2D eigenvalue weighted by atomic mass is 14.2. The molecule has 0 spiro atoms. The lowest BCUT2D eigenvalue weighted by atomic mass is 9.88. The molecule has 0 saturated heterocycles. The van der Waals surface area contributed by atoms with Gasteiger partial charge in [-0.3, -0.25) is 0 Å². The van der Waals surface area contributed by atoms with Gasteiger partial charge in [0.05, 0.1) is 0 Å². The Morgan fingerprint density at radius 3 is 0.532 bits per heavy atom. The molecule has 5 aliphatic carbocycles. The molecule has 0 aromatic heterocycles. The molecule has 0 heterocycles. The molecule has 0 radical (unpaired) electrons. The second-order valence-corrected chi connectivity index (χ2v) is 14.0. The molecule has 0 aliphatic heterocycles. The van der Waals surface area contributed by atoms with Gasteiger partial charge in [-0.1, -0.05) is 277 Å². The molecular formula is C47H104. The predicted octanol–water partition coefficient (Wildman–Crippen LogP) is 18.8. The summed E-state index contributed by atoms with van der Waals surface area (Å²) in [6, 6.07) is 0. The van der Waals surface area contributed by atoms with Crippen molar-refractivity contribution in [3.8, 4) is 0 Å². The molecule has 0 bridgehead atoms. The van der Waals surface area contributed by atoms with Gasteiger partial charge in [0, 0.05) is 0 Å². The summed E-state index contributed by atoms with van der Waals surface area (Å²) in [4.78, 5) is 0. The molecule has 0 N–H and O–H groups in total. The minimum absolute atomic E-state index is 1.05. The summed E-state index contributed by atoms with van der Waals surface area (Å²) in [5.74, 6) is 5.41. The van der Waals surface area contributed by atoms with Gasteiger partial charge in [-0.05, 0) is 29.6 Å². The van der Waals surface area contributed by atoms with Gasteiger partial charge < -0.3 is 0 Å². The van der Waals surface area contributed by atoms with Gasteiger partial charge in [0.1, 0.15) is 0 Å². The first-order chi connectivity index (χ1) is 23.0. The fourth-order valence-corrected chi connectivity index (χ4v) is 7.16. The molecule has 0 aromatic carbocycles. The highest BCUT2D eigenvalue weighted by Crippen LogP contribution is 2.28. The van der Waals surface area contributed by atoms with Crippen molar-refractivity contribution in [3.63, 3.8) is 0 Å². The lowest BCUT2D eigenvalue weighted by Gasteiger charge is -2.18. The normalized spacial score (nSPS) is 19.2. The summed E-state index contributed by atoms with van der Waals surface area (Å²) in [6.45, 7) is 31.8. The second kappa shape index (κ2) is 52.8. The van der Waals surface area contributed by atoms with E-state index in [-0.39, 0.29) is 0 Å². The quantitative estimate of drug-likeness (QED) is 0.280. The molecule has 47 heavy (non-hydrogen) atoms. The molecular weight excluding hydrogens is 565 g/mol. The average Bonchev–Trinajstić information content (AvgIpc) is 3.99. The number of hydrogen-bond acceptors (Lipinski definition) is 0. The molecule has 0 amide bonds. The zero-order valence-electron chi connectivity index (χ0n) is 37.0. The van der Waals surface area contributed by atoms with Crippen LogP contribution in [0.5, 0.6) is 0 Å². The molecule has 0 nitrogen and oxygen atoms in total. The molecule has 5 saturated carbocycles. The Balaban J connectivity index is -0.000000146. The maximum Gasteiger partial charge on any atom is -0.0417 e. The van der Waals surface area contributed by atoms with Crippen LogP contribution in [0.15, 0.2) is 0 Å². The fraction of sp³-hybridized carbons (Fsp3) is 1.00. The van der Waals surface area contributed by atoms with E-state index in [2.05, 4.69) is 48.5 Å². The van der Waals surface area contributed by atoms with Crippen molar-refractivity contribution in [2.45, 2.75) is 277 Å². The lowest BCUT2D eigenvalue weighted by molar-refractivity contribution is 0.349. The van der Waals surface area contributed by atoms with E-state index in [1.165, 1.54) is 173 Å². The van der Waals surface area contributed by atoms with Gasteiger partial charge in [-0.25, -0.2) is 0 Å². The van der Waals surface area contributed by atoms with E-state index in [0.29, 0.717) is 0 Å². The molecule has 5 fully saturated rings. The summed E-state index contributed by atoms with van der Waals surface area (Å²) in [5, 5.41) is 0. The zero-order chi connectivity index (χ0) is 37.0. The topological polar surface area (TPSA) is 0 Å². The van der Waals surface area contributed by atoms with Crippen LogP contribution in [0.25, 0.3) is 0 Å². The highest BCUT2D eigenvalue weighted by molar-refractivity contribution is 4.66. The monoisotopic (exact) mass is 669 g/mol. The zero-order valence-corrected chi connectivity index (χ0v) is 37.0. The molecule has 0 heteroatoms. The summed E-state index contributed by atoms with van der Waals surface area (Å²) in [5.41, 5.74) is 0. The molecule has 0 aromatic rings. The fourth-order valence-electron chi connectivity index (χ4n) is 7.16. The Hall–Kier alpha value is 0. The van der Waals surface area contributed by atoms with Crippen molar-refractivity contribution < 1.29 is 0 Å². The first-order valence-electron chi connectivity index (χ1n) is 23.0. The summed E-state index contributed by atoms with van der Waals surface area (Å²) >= 11 is 0. The number of hydrogen-bond donors (Lipinski definition) is 0. The lowest BCUT2D eigenvalue weighted by Crippen LogP contribution is -2.03. The molecule has 5 rings (SSSR count). The van der Waals surface area contributed by atoms with E-state index < -0.39 is 0 Å². The number of rotatable bonds is 4. The van der Waals surface area contributed by atoms with Crippen LogP contribution in [0.4, 0.5) is 0 Å². The van der Waals surface area contributed by atoms with Crippen LogP contribution in [-0.4, -0.2) is 0 Å². The van der Waals surface area contributed by atoms with Crippen LogP contribution in [0.2, 0.25) is 0 Å². The van der Waals surface area contributed by atoms with E-state index in [4.69, 9.17) is 0 Å². The van der Waals surface area contributed by atoms with Crippen LogP contribution >= 0.6 is 0 Å². The van der Waals surface area contributed by atoms with Crippen LogP contribution in [0, 0.1) is 29.6 Å². The minimum Gasteiger partial charge on any atom is -0.0683 e. The van der Waals surface area contributed by atoms with Gasteiger partial charge >= 0.3 is 0 Å². The van der Waals surface area contributed by atoms with Crippen LogP contribution in [0.1, 0.15) is 277 Å². The molecule has 5 aliphatic rings. The van der Waals surface area contributed by atoms with Crippen LogP contribution < -0.4 is 0 Å². The first kappa shape index (κ1) is 56.4. The third-order valence-corrected chi connectivity index (χ3v) is 10.4. The second-order valence-electron chi connectivity index (χ2n) is 14.0. The Bertz CT molecular complexity index is 389. The van der Waals surface area contributed by atoms with Crippen molar-refractivity contribution >= 4 is 0 Å². The minimum atomic E-state index is 1.05. The Kier molecular flexibility index (Phi) is 63.3. The van der Waals surface area contributed by atoms with Crippen molar-refractivity contribution in [1.29, 1.82) is 0 Å². The Morgan fingerprint density at radius 2 is 0.426 bits per heavy atom. The van der Waals surface area contributed by atoms with Crippen molar-refractivity contribution in [1.82, 2.24) is 0 Å². The maximum absolute atomic E-state index is 2.34. The summed E-state index contributed by atoms with van der Waals surface area (Å²) in [6.07, 6.45) is 39.9. The van der Waals surface area contributed by atoms with Gasteiger partial charge in [-0.2, -0.15) is 0 Å². The van der Waals surface area contributed by atoms with E-state index in [9.17, 15) is 0 Å². The average molecular weight is 669 g/mol. The van der Waals surface area contributed by atoms with Crippen molar-refractivity contribution in [2.75, 3.05) is 0 Å². The largest absolute Gasteiger partial charge is 0.0683 e. The van der Waals surface area contributed by atoms with E-state index >= 15 is 0 Å².